The molecule has 1 atom stereocenters. The fraction of sp³-hybridized carbons (Fsp3) is 0.529. The standard InChI is InChI=1S/C17H26N2O5S/c1-5-19(6-2)16(20)13-7-9-14(10-8-13)25(23,24)18-15(17(21)22)11-12(3)4/h7-10,12,15,18H,5-6,11H2,1-4H3,(H,21,22). The summed E-state index contributed by atoms with van der Waals surface area (Å²) in [6, 6.07) is 4.31. The second kappa shape index (κ2) is 8.96. The Bertz CT molecular complexity index is 694. The maximum Gasteiger partial charge on any atom is 0.321 e. The van der Waals surface area contributed by atoms with Crippen LogP contribution >= 0.6 is 0 Å². The van der Waals surface area contributed by atoms with Crippen LogP contribution in [0.4, 0.5) is 0 Å². The van der Waals surface area contributed by atoms with Crippen molar-refractivity contribution in [1.82, 2.24) is 9.62 Å². The molecule has 140 valence electrons. The van der Waals surface area contributed by atoms with E-state index in [0.29, 0.717) is 18.7 Å². The lowest BCUT2D eigenvalue weighted by molar-refractivity contribution is -0.139. The molecular weight excluding hydrogens is 344 g/mol. The number of carbonyl (C=O) groups excluding carboxylic acids is 1. The van der Waals surface area contributed by atoms with E-state index >= 15 is 0 Å². The number of carboxylic acid groups (broad SMARTS) is 1. The third-order valence-corrected chi connectivity index (χ3v) is 5.25. The Balaban J connectivity index is 2.99. The second-order valence-electron chi connectivity index (χ2n) is 6.14. The Hall–Kier alpha value is -1.93. The third-order valence-electron chi connectivity index (χ3n) is 3.76. The number of nitrogens with zero attached hydrogens (tertiary/aromatic N) is 1. The molecule has 0 heterocycles. The number of hydrogen-bond acceptors (Lipinski definition) is 4. The molecule has 0 radical (unpaired) electrons. The molecule has 0 saturated carbocycles. The van der Waals surface area contributed by atoms with Crippen molar-refractivity contribution in [3.05, 3.63) is 29.8 Å². The van der Waals surface area contributed by atoms with Crippen LogP contribution in [-0.2, 0) is 14.8 Å². The number of nitrogens with one attached hydrogen (secondary N) is 1. The first-order chi connectivity index (χ1) is 11.6. The summed E-state index contributed by atoms with van der Waals surface area (Å²) >= 11 is 0. The highest BCUT2D eigenvalue weighted by atomic mass is 32.2. The van der Waals surface area contributed by atoms with Crippen LogP contribution in [0.3, 0.4) is 0 Å². The average Bonchev–Trinajstić information content (AvgIpc) is 2.54. The fourth-order valence-corrected chi connectivity index (χ4v) is 3.60. The van der Waals surface area contributed by atoms with Crippen LogP contribution < -0.4 is 4.72 Å². The Labute approximate surface area is 149 Å². The highest BCUT2D eigenvalue weighted by Gasteiger charge is 2.26. The number of hydrogen-bond donors (Lipinski definition) is 2. The summed E-state index contributed by atoms with van der Waals surface area (Å²) in [5.41, 5.74) is 0.389. The second-order valence-corrected chi connectivity index (χ2v) is 7.86. The van der Waals surface area contributed by atoms with E-state index in [9.17, 15) is 23.1 Å². The minimum absolute atomic E-state index is 0.0258. The number of carbonyl (C=O) groups is 2. The first-order valence-corrected chi connectivity index (χ1v) is 9.75. The van der Waals surface area contributed by atoms with Gasteiger partial charge in [0.1, 0.15) is 6.04 Å². The number of rotatable bonds is 9. The topological polar surface area (TPSA) is 104 Å². The molecule has 0 aliphatic rings. The molecule has 0 aliphatic carbocycles. The summed E-state index contributed by atoms with van der Waals surface area (Å²) in [6.45, 7) is 8.49. The molecule has 1 amide bonds. The van der Waals surface area contributed by atoms with E-state index in [1.807, 2.05) is 27.7 Å². The van der Waals surface area contributed by atoms with E-state index in [1.54, 1.807) is 4.90 Å². The first kappa shape index (κ1) is 21.1. The molecule has 0 aliphatic heterocycles. The molecular formula is C17H26N2O5S. The number of sulfonamides is 1. The van der Waals surface area contributed by atoms with Crippen molar-refractivity contribution in [3.8, 4) is 0 Å². The van der Waals surface area contributed by atoms with Gasteiger partial charge in [0.15, 0.2) is 0 Å². The molecule has 1 unspecified atom stereocenters. The van der Waals surface area contributed by atoms with Crippen molar-refractivity contribution in [2.24, 2.45) is 5.92 Å². The van der Waals surface area contributed by atoms with Crippen molar-refractivity contribution >= 4 is 21.9 Å². The molecule has 0 fully saturated rings. The van der Waals surface area contributed by atoms with Gasteiger partial charge in [0, 0.05) is 18.7 Å². The van der Waals surface area contributed by atoms with Crippen LogP contribution in [0.2, 0.25) is 0 Å². The zero-order valence-electron chi connectivity index (χ0n) is 15.0. The van der Waals surface area contributed by atoms with E-state index in [2.05, 4.69) is 4.72 Å². The maximum absolute atomic E-state index is 12.4. The molecule has 0 aromatic heterocycles. The van der Waals surface area contributed by atoms with E-state index < -0.39 is 22.0 Å². The monoisotopic (exact) mass is 370 g/mol. The average molecular weight is 370 g/mol. The van der Waals surface area contributed by atoms with Crippen molar-refractivity contribution in [2.45, 2.75) is 45.1 Å². The molecule has 7 nitrogen and oxygen atoms in total. The van der Waals surface area contributed by atoms with Gasteiger partial charge in [-0.2, -0.15) is 4.72 Å². The van der Waals surface area contributed by atoms with Gasteiger partial charge < -0.3 is 10.0 Å². The van der Waals surface area contributed by atoms with Gasteiger partial charge in [-0.05, 0) is 50.5 Å². The summed E-state index contributed by atoms with van der Waals surface area (Å²) < 4.78 is 27.0. The minimum atomic E-state index is -3.98. The number of aliphatic carboxylic acids is 1. The van der Waals surface area contributed by atoms with Crippen molar-refractivity contribution in [2.75, 3.05) is 13.1 Å². The number of amides is 1. The van der Waals surface area contributed by atoms with E-state index in [1.165, 1.54) is 24.3 Å². The Morgan fingerprint density at radius 2 is 1.64 bits per heavy atom. The summed E-state index contributed by atoms with van der Waals surface area (Å²) in [6.07, 6.45) is 0.188. The maximum atomic E-state index is 12.4. The highest BCUT2D eigenvalue weighted by molar-refractivity contribution is 7.89. The van der Waals surface area contributed by atoms with Gasteiger partial charge >= 0.3 is 5.97 Å². The van der Waals surface area contributed by atoms with Crippen LogP contribution in [-0.4, -0.2) is 49.4 Å². The third kappa shape index (κ3) is 5.82. The normalized spacial score (nSPS) is 12.8. The predicted octanol–water partition coefficient (Wildman–Crippen LogP) is 1.95. The Morgan fingerprint density at radius 3 is 2.04 bits per heavy atom. The minimum Gasteiger partial charge on any atom is -0.480 e. The van der Waals surface area contributed by atoms with E-state index in [-0.39, 0.29) is 23.1 Å². The summed E-state index contributed by atoms with van der Waals surface area (Å²) in [4.78, 5) is 25.0. The molecule has 2 N–H and O–H groups in total. The van der Waals surface area contributed by atoms with E-state index in [4.69, 9.17) is 0 Å². The molecule has 0 spiro atoms. The lowest BCUT2D eigenvalue weighted by Gasteiger charge is -2.19. The molecule has 1 aromatic carbocycles. The van der Waals surface area contributed by atoms with Crippen LogP contribution in [0.25, 0.3) is 0 Å². The number of benzene rings is 1. The van der Waals surface area contributed by atoms with Crippen molar-refractivity contribution in [1.29, 1.82) is 0 Å². The SMILES string of the molecule is CCN(CC)C(=O)c1ccc(S(=O)(=O)NC(CC(C)C)C(=O)O)cc1. The van der Waals surface area contributed by atoms with Gasteiger partial charge in [-0.3, -0.25) is 9.59 Å². The molecule has 1 aromatic rings. The van der Waals surface area contributed by atoms with Gasteiger partial charge in [0.2, 0.25) is 10.0 Å². The van der Waals surface area contributed by atoms with E-state index in [0.717, 1.165) is 0 Å². The van der Waals surface area contributed by atoms with Crippen LogP contribution in [0.1, 0.15) is 44.5 Å². The summed E-state index contributed by atoms with van der Waals surface area (Å²) in [5, 5.41) is 9.19. The quantitative estimate of drug-likeness (QED) is 0.691. The fourth-order valence-electron chi connectivity index (χ4n) is 2.40. The number of carboxylic acids is 1. The van der Waals surface area contributed by atoms with Gasteiger partial charge in [0.05, 0.1) is 4.90 Å². The van der Waals surface area contributed by atoms with Crippen LogP contribution in [0.5, 0.6) is 0 Å². The molecule has 0 bridgehead atoms. The molecule has 8 heteroatoms. The first-order valence-electron chi connectivity index (χ1n) is 8.26. The predicted molar refractivity (Wildman–Crippen MR) is 94.9 cm³/mol. The smallest absolute Gasteiger partial charge is 0.321 e. The molecule has 25 heavy (non-hydrogen) atoms. The van der Waals surface area contributed by atoms with Gasteiger partial charge in [0.25, 0.3) is 5.91 Å². The zero-order chi connectivity index (χ0) is 19.2. The largest absolute Gasteiger partial charge is 0.480 e. The summed E-state index contributed by atoms with van der Waals surface area (Å²) in [7, 11) is -3.98. The van der Waals surface area contributed by atoms with Gasteiger partial charge in [-0.15, -0.1) is 0 Å². The van der Waals surface area contributed by atoms with Gasteiger partial charge in [-0.1, -0.05) is 13.8 Å². The Kier molecular flexibility index (Phi) is 7.57. The van der Waals surface area contributed by atoms with Gasteiger partial charge in [-0.25, -0.2) is 8.42 Å². The van der Waals surface area contributed by atoms with Crippen molar-refractivity contribution in [3.63, 3.8) is 0 Å². The highest BCUT2D eigenvalue weighted by Crippen LogP contribution is 2.15. The lowest BCUT2D eigenvalue weighted by atomic mass is 10.1. The molecule has 1 rings (SSSR count). The summed E-state index contributed by atoms with van der Waals surface area (Å²) in [5.74, 6) is -1.37. The van der Waals surface area contributed by atoms with Crippen LogP contribution in [0.15, 0.2) is 29.2 Å². The van der Waals surface area contributed by atoms with Crippen LogP contribution in [0, 0.1) is 5.92 Å². The molecule has 0 saturated heterocycles. The Morgan fingerprint density at radius 1 is 1.12 bits per heavy atom. The lowest BCUT2D eigenvalue weighted by Crippen LogP contribution is -2.41. The van der Waals surface area contributed by atoms with Crippen molar-refractivity contribution < 1.29 is 23.1 Å². The zero-order valence-corrected chi connectivity index (χ0v) is 15.8.